The van der Waals surface area contributed by atoms with Crippen LogP contribution in [0.1, 0.15) is 33.3 Å². The highest BCUT2D eigenvalue weighted by Gasteiger charge is 2.22. The van der Waals surface area contributed by atoms with Gasteiger partial charge in [-0.05, 0) is 30.5 Å². The molecule has 0 saturated carbocycles. The Kier molecular flexibility index (Phi) is 4.23. The number of sulfonamides is 1. The van der Waals surface area contributed by atoms with E-state index in [1.165, 1.54) is 18.2 Å². The first-order valence-electron chi connectivity index (χ1n) is 5.79. The summed E-state index contributed by atoms with van der Waals surface area (Å²) in [6.07, 6.45) is -0.610. The molecule has 1 aromatic carbocycles. The summed E-state index contributed by atoms with van der Waals surface area (Å²) in [5.74, 6) is 0.494. The quantitative estimate of drug-likeness (QED) is 0.916. The zero-order valence-electron chi connectivity index (χ0n) is 11.5. The highest BCUT2D eigenvalue weighted by atomic mass is 32.2. The third-order valence-corrected chi connectivity index (χ3v) is 3.48. The van der Waals surface area contributed by atoms with Gasteiger partial charge < -0.3 is 4.74 Å². The first-order valence-corrected chi connectivity index (χ1v) is 7.34. The van der Waals surface area contributed by atoms with Crippen molar-refractivity contribution in [2.75, 3.05) is 0 Å². The van der Waals surface area contributed by atoms with Crippen molar-refractivity contribution in [2.24, 2.45) is 5.14 Å². The van der Waals surface area contributed by atoms with E-state index in [9.17, 15) is 8.42 Å². The summed E-state index contributed by atoms with van der Waals surface area (Å²) >= 11 is 0. The second-order valence-corrected chi connectivity index (χ2v) is 6.90. The number of primary sulfonamides is 1. The van der Waals surface area contributed by atoms with Crippen molar-refractivity contribution < 1.29 is 13.2 Å². The molecule has 5 nitrogen and oxygen atoms in total. The molecule has 0 aliphatic carbocycles. The van der Waals surface area contributed by atoms with Crippen LogP contribution >= 0.6 is 0 Å². The summed E-state index contributed by atoms with van der Waals surface area (Å²) in [4.78, 5) is 0.0365. The van der Waals surface area contributed by atoms with Crippen molar-refractivity contribution in [1.29, 1.82) is 5.26 Å². The van der Waals surface area contributed by atoms with E-state index in [1.54, 1.807) is 6.92 Å². The number of ether oxygens (including phenoxy) is 1. The topological polar surface area (TPSA) is 93.2 Å². The number of nitrogens with zero attached hydrogens (tertiary/aromatic N) is 1. The Balaban J connectivity index is 3.39. The van der Waals surface area contributed by atoms with Crippen molar-refractivity contribution in [2.45, 2.75) is 44.1 Å². The van der Waals surface area contributed by atoms with E-state index in [0.717, 1.165) is 0 Å². The predicted octanol–water partition coefficient (Wildman–Crippen LogP) is 1.92. The van der Waals surface area contributed by atoms with Crippen molar-refractivity contribution in [3.8, 4) is 11.8 Å². The summed E-state index contributed by atoms with van der Waals surface area (Å²) in [6.45, 7) is 7.41. The third kappa shape index (κ3) is 3.94. The molecule has 0 amide bonds. The highest BCUT2D eigenvalue weighted by Crippen LogP contribution is 2.33. The molecule has 0 saturated heterocycles. The number of hydrogen-bond donors (Lipinski definition) is 1. The standard InChI is InChI=1S/C13H18N2O3S/c1-9(8-14)18-12-6-5-10(19(15,16)17)7-11(12)13(2,3)4/h5-7,9H,1-4H3,(H2,15,16,17). The fraction of sp³-hybridized carbons (Fsp3) is 0.462. The average Bonchev–Trinajstić information content (AvgIpc) is 2.26. The van der Waals surface area contributed by atoms with Gasteiger partial charge in [-0.15, -0.1) is 0 Å². The van der Waals surface area contributed by atoms with Crippen LogP contribution in [0.15, 0.2) is 23.1 Å². The normalized spacial score (nSPS) is 13.7. The Morgan fingerprint density at radius 1 is 1.37 bits per heavy atom. The lowest BCUT2D eigenvalue weighted by Gasteiger charge is -2.24. The van der Waals surface area contributed by atoms with Gasteiger partial charge in [0.15, 0.2) is 6.10 Å². The predicted molar refractivity (Wildman–Crippen MR) is 72.2 cm³/mol. The molecule has 1 aromatic rings. The molecule has 104 valence electrons. The highest BCUT2D eigenvalue weighted by molar-refractivity contribution is 7.89. The molecule has 19 heavy (non-hydrogen) atoms. The first kappa shape index (κ1) is 15.5. The van der Waals surface area contributed by atoms with Gasteiger partial charge in [0.25, 0.3) is 0 Å². The van der Waals surface area contributed by atoms with E-state index in [4.69, 9.17) is 15.1 Å². The van der Waals surface area contributed by atoms with Crippen LogP contribution in [-0.2, 0) is 15.4 Å². The molecule has 0 spiro atoms. The maximum Gasteiger partial charge on any atom is 0.238 e. The minimum absolute atomic E-state index is 0.0365. The summed E-state index contributed by atoms with van der Waals surface area (Å²) in [5, 5.41) is 13.9. The molecule has 0 aliphatic heterocycles. The van der Waals surface area contributed by atoms with E-state index in [-0.39, 0.29) is 10.3 Å². The van der Waals surface area contributed by atoms with E-state index in [0.29, 0.717) is 11.3 Å². The van der Waals surface area contributed by atoms with Gasteiger partial charge in [0, 0.05) is 5.56 Å². The van der Waals surface area contributed by atoms with Crippen LogP contribution in [0.2, 0.25) is 0 Å². The number of nitriles is 1. The number of nitrogens with two attached hydrogens (primary N) is 1. The van der Waals surface area contributed by atoms with E-state index in [1.807, 2.05) is 26.8 Å². The Labute approximate surface area is 114 Å². The number of rotatable bonds is 3. The fourth-order valence-corrected chi connectivity index (χ4v) is 2.13. The lowest BCUT2D eigenvalue weighted by Crippen LogP contribution is -2.19. The Morgan fingerprint density at radius 2 is 1.95 bits per heavy atom. The van der Waals surface area contributed by atoms with E-state index < -0.39 is 16.1 Å². The zero-order valence-corrected chi connectivity index (χ0v) is 12.3. The van der Waals surface area contributed by atoms with Gasteiger partial charge in [0.1, 0.15) is 11.8 Å². The van der Waals surface area contributed by atoms with Crippen LogP contribution in [0, 0.1) is 11.3 Å². The zero-order chi connectivity index (χ0) is 14.8. The molecule has 0 radical (unpaired) electrons. The van der Waals surface area contributed by atoms with Crippen molar-refractivity contribution in [3.63, 3.8) is 0 Å². The van der Waals surface area contributed by atoms with Gasteiger partial charge in [0.2, 0.25) is 10.0 Å². The Hall–Kier alpha value is -1.58. The van der Waals surface area contributed by atoms with Gasteiger partial charge in [-0.25, -0.2) is 13.6 Å². The van der Waals surface area contributed by atoms with E-state index >= 15 is 0 Å². The average molecular weight is 282 g/mol. The molecule has 0 heterocycles. The molecule has 2 N–H and O–H groups in total. The lowest BCUT2D eigenvalue weighted by molar-refractivity contribution is 0.269. The fourth-order valence-electron chi connectivity index (χ4n) is 1.59. The van der Waals surface area contributed by atoms with Crippen LogP contribution in [0.25, 0.3) is 0 Å². The summed E-state index contributed by atoms with van der Waals surface area (Å²) in [5.41, 5.74) is 0.367. The molecule has 0 aliphatic rings. The second kappa shape index (κ2) is 5.19. The maximum absolute atomic E-state index is 11.4. The third-order valence-electron chi connectivity index (χ3n) is 2.57. The van der Waals surface area contributed by atoms with Crippen LogP contribution in [0.4, 0.5) is 0 Å². The van der Waals surface area contributed by atoms with Crippen molar-refractivity contribution >= 4 is 10.0 Å². The minimum Gasteiger partial charge on any atom is -0.476 e. The molecule has 0 fully saturated rings. The Morgan fingerprint density at radius 3 is 2.37 bits per heavy atom. The van der Waals surface area contributed by atoms with Gasteiger partial charge in [-0.1, -0.05) is 20.8 Å². The van der Waals surface area contributed by atoms with Gasteiger partial charge in [-0.3, -0.25) is 0 Å². The second-order valence-electron chi connectivity index (χ2n) is 5.34. The largest absolute Gasteiger partial charge is 0.476 e. The Bertz CT molecular complexity index is 610. The molecule has 0 aromatic heterocycles. The summed E-state index contributed by atoms with van der Waals surface area (Å²) < 4.78 is 28.3. The smallest absolute Gasteiger partial charge is 0.238 e. The van der Waals surface area contributed by atoms with Crippen LogP contribution in [0.3, 0.4) is 0 Å². The van der Waals surface area contributed by atoms with Crippen molar-refractivity contribution in [1.82, 2.24) is 0 Å². The molecule has 0 bridgehead atoms. The van der Waals surface area contributed by atoms with E-state index in [2.05, 4.69) is 0 Å². The molecule has 1 rings (SSSR count). The first-order chi connectivity index (χ1) is 8.55. The summed E-state index contributed by atoms with van der Waals surface area (Å²) in [7, 11) is -3.76. The maximum atomic E-state index is 11.4. The number of benzene rings is 1. The lowest BCUT2D eigenvalue weighted by atomic mass is 9.86. The molecule has 6 heteroatoms. The van der Waals surface area contributed by atoms with Gasteiger partial charge in [-0.2, -0.15) is 5.26 Å². The van der Waals surface area contributed by atoms with Crippen LogP contribution in [0.5, 0.6) is 5.75 Å². The van der Waals surface area contributed by atoms with Gasteiger partial charge in [0.05, 0.1) is 4.90 Å². The minimum atomic E-state index is -3.76. The molecular formula is C13H18N2O3S. The summed E-state index contributed by atoms with van der Waals surface area (Å²) in [6, 6.07) is 6.38. The monoisotopic (exact) mass is 282 g/mol. The molecule has 1 unspecified atom stereocenters. The van der Waals surface area contributed by atoms with Crippen molar-refractivity contribution in [3.05, 3.63) is 23.8 Å². The SMILES string of the molecule is CC(C#N)Oc1ccc(S(N)(=O)=O)cc1C(C)(C)C. The number of hydrogen-bond acceptors (Lipinski definition) is 4. The molecular weight excluding hydrogens is 264 g/mol. The van der Waals surface area contributed by atoms with Crippen LogP contribution in [-0.4, -0.2) is 14.5 Å². The molecule has 1 atom stereocenters. The van der Waals surface area contributed by atoms with Crippen LogP contribution < -0.4 is 9.88 Å². The van der Waals surface area contributed by atoms with Gasteiger partial charge >= 0.3 is 0 Å².